The van der Waals surface area contributed by atoms with Gasteiger partial charge in [-0.25, -0.2) is 4.99 Å². The molecule has 0 spiro atoms. The van der Waals surface area contributed by atoms with Crippen molar-refractivity contribution >= 4 is 51.5 Å². The molecular weight excluding hydrogens is 350 g/mol. The first kappa shape index (κ1) is 17.8. The highest BCUT2D eigenvalue weighted by atomic mass is 35.5. The van der Waals surface area contributed by atoms with Crippen molar-refractivity contribution in [2.75, 3.05) is 24.5 Å². The number of aliphatic imine (C=N–C) groups is 1. The van der Waals surface area contributed by atoms with Crippen LogP contribution in [0, 0.1) is 0 Å². The van der Waals surface area contributed by atoms with Crippen LogP contribution in [0.2, 0.25) is 5.02 Å². The number of guanidine groups is 1. The number of nitrogens with two attached hydrogens (primary N) is 1. The third kappa shape index (κ3) is 4.50. The Morgan fingerprint density at radius 3 is 2.70 bits per heavy atom. The van der Waals surface area contributed by atoms with Crippen LogP contribution in [-0.2, 0) is 10.8 Å². The lowest BCUT2D eigenvalue weighted by molar-refractivity contribution is 0.687. The Balaban J connectivity index is 2.34. The number of thioether (sulfide) groups is 1. The summed E-state index contributed by atoms with van der Waals surface area (Å²) in [6.45, 7) is 0. The lowest BCUT2D eigenvalue weighted by atomic mass is 10.3. The Morgan fingerprint density at radius 1 is 1.30 bits per heavy atom. The first-order valence-electron chi connectivity index (χ1n) is 6.77. The Bertz CT molecular complexity index is 765. The molecule has 2 aromatic carbocycles. The topological polar surface area (TPSA) is 58.7 Å². The number of anilines is 1. The molecule has 0 amide bonds. The monoisotopic (exact) mass is 367 g/mol. The molecule has 2 N–H and O–H groups in total. The molecular formula is C16H18ClN3OS2. The maximum absolute atomic E-state index is 11.6. The molecule has 0 unspecified atom stereocenters. The minimum absolute atomic E-state index is 0.309. The second-order valence-electron chi connectivity index (χ2n) is 4.80. The molecule has 0 aliphatic heterocycles. The molecule has 0 bridgehead atoms. The number of halogens is 1. The molecule has 7 heteroatoms. The maximum Gasteiger partial charge on any atom is 0.200 e. The van der Waals surface area contributed by atoms with Crippen molar-refractivity contribution < 1.29 is 4.21 Å². The van der Waals surface area contributed by atoms with Crippen molar-refractivity contribution in [3.63, 3.8) is 0 Å². The molecule has 122 valence electrons. The summed E-state index contributed by atoms with van der Waals surface area (Å²) in [7, 11) is 0.762. The highest BCUT2D eigenvalue weighted by Gasteiger charge is 2.09. The van der Waals surface area contributed by atoms with E-state index in [2.05, 4.69) is 4.99 Å². The van der Waals surface area contributed by atoms with Crippen LogP contribution >= 0.6 is 23.4 Å². The first-order chi connectivity index (χ1) is 10.9. The molecule has 0 saturated heterocycles. The van der Waals surface area contributed by atoms with Gasteiger partial charge in [-0.15, -0.1) is 11.8 Å². The zero-order valence-electron chi connectivity index (χ0n) is 13.1. The standard InChI is InChI=1S/C16H18ClN3OS2/c1-20(11-5-4-6-13(9-11)23(3)21)16(18)19-15-10-12(22-2)7-8-14(15)17/h4-10H,1-3H3,(H2,18,19)/t23-/m0/s1. The van der Waals surface area contributed by atoms with E-state index in [0.29, 0.717) is 16.7 Å². The molecule has 0 aliphatic rings. The fraction of sp³-hybridized carbons (Fsp3) is 0.188. The van der Waals surface area contributed by atoms with Crippen molar-refractivity contribution in [1.82, 2.24) is 0 Å². The van der Waals surface area contributed by atoms with Gasteiger partial charge in [-0.2, -0.15) is 0 Å². The zero-order chi connectivity index (χ0) is 17.0. The van der Waals surface area contributed by atoms with Crippen molar-refractivity contribution in [3.05, 3.63) is 47.5 Å². The van der Waals surface area contributed by atoms with Crippen LogP contribution in [0.1, 0.15) is 0 Å². The SMILES string of the molecule is CSc1ccc(Cl)c(N=C(N)N(C)c2cccc([S@](C)=O)c2)c1. The van der Waals surface area contributed by atoms with Crippen molar-refractivity contribution in [2.24, 2.45) is 10.7 Å². The van der Waals surface area contributed by atoms with Gasteiger partial charge in [0.05, 0.1) is 10.7 Å². The molecule has 0 aliphatic carbocycles. The van der Waals surface area contributed by atoms with E-state index in [0.717, 1.165) is 15.5 Å². The van der Waals surface area contributed by atoms with Crippen LogP contribution in [0.3, 0.4) is 0 Å². The average Bonchev–Trinajstić information content (AvgIpc) is 2.56. The molecule has 0 saturated carbocycles. The van der Waals surface area contributed by atoms with Gasteiger partial charge >= 0.3 is 0 Å². The molecule has 23 heavy (non-hydrogen) atoms. The quantitative estimate of drug-likeness (QED) is 0.506. The smallest absolute Gasteiger partial charge is 0.200 e. The number of rotatable bonds is 4. The van der Waals surface area contributed by atoms with Gasteiger partial charge in [-0.3, -0.25) is 4.21 Å². The van der Waals surface area contributed by atoms with Crippen LogP contribution in [0.4, 0.5) is 11.4 Å². The predicted molar refractivity (Wildman–Crippen MR) is 102 cm³/mol. The molecule has 1 atom stereocenters. The van der Waals surface area contributed by atoms with Gasteiger partial charge in [-0.1, -0.05) is 17.7 Å². The first-order valence-corrected chi connectivity index (χ1v) is 9.93. The Labute approximate surface area is 148 Å². The van der Waals surface area contributed by atoms with Crippen LogP contribution in [0.5, 0.6) is 0 Å². The summed E-state index contributed by atoms with van der Waals surface area (Å²) in [4.78, 5) is 7.95. The van der Waals surface area contributed by atoms with E-state index in [4.69, 9.17) is 17.3 Å². The summed E-state index contributed by atoms with van der Waals surface area (Å²) in [6, 6.07) is 13.0. The minimum Gasteiger partial charge on any atom is -0.369 e. The summed E-state index contributed by atoms with van der Waals surface area (Å²) in [6.07, 6.45) is 3.63. The Hall–Kier alpha value is -1.50. The molecule has 0 heterocycles. The van der Waals surface area contributed by atoms with Gasteiger partial charge in [0.25, 0.3) is 0 Å². The van der Waals surface area contributed by atoms with E-state index in [1.165, 1.54) is 0 Å². The normalized spacial score (nSPS) is 13.0. The van der Waals surface area contributed by atoms with Gasteiger partial charge in [0.1, 0.15) is 0 Å². The number of benzene rings is 2. The fourth-order valence-electron chi connectivity index (χ4n) is 1.91. The van der Waals surface area contributed by atoms with Gasteiger partial charge < -0.3 is 10.6 Å². The predicted octanol–water partition coefficient (Wildman–Crippen LogP) is 3.88. The summed E-state index contributed by atoms with van der Waals surface area (Å²) >= 11 is 7.80. The van der Waals surface area contributed by atoms with E-state index < -0.39 is 10.8 Å². The largest absolute Gasteiger partial charge is 0.369 e. The molecule has 0 aromatic heterocycles. The molecule has 0 fully saturated rings. The van der Waals surface area contributed by atoms with Crippen LogP contribution < -0.4 is 10.6 Å². The van der Waals surface area contributed by atoms with E-state index in [1.807, 2.05) is 49.7 Å². The second kappa shape index (κ2) is 7.86. The van der Waals surface area contributed by atoms with Gasteiger partial charge in [0.2, 0.25) is 5.96 Å². The number of hydrogen-bond donors (Lipinski definition) is 1. The Kier molecular flexibility index (Phi) is 6.10. The molecule has 4 nitrogen and oxygen atoms in total. The molecule has 2 aromatic rings. The van der Waals surface area contributed by atoms with Crippen LogP contribution in [0.25, 0.3) is 0 Å². The summed E-state index contributed by atoms with van der Waals surface area (Å²) < 4.78 is 11.6. The van der Waals surface area contributed by atoms with Gasteiger partial charge in [0.15, 0.2) is 0 Å². The number of hydrogen-bond acceptors (Lipinski definition) is 3. The number of nitrogens with zero attached hydrogens (tertiary/aromatic N) is 2. The molecule has 2 rings (SSSR count). The van der Waals surface area contributed by atoms with E-state index in [1.54, 1.807) is 29.0 Å². The minimum atomic E-state index is -1.05. The van der Waals surface area contributed by atoms with Crippen LogP contribution in [0.15, 0.2) is 57.2 Å². The average molecular weight is 368 g/mol. The highest BCUT2D eigenvalue weighted by molar-refractivity contribution is 7.98. The highest BCUT2D eigenvalue weighted by Crippen LogP contribution is 2.30. The lowest BCUT2D eigenvalue weighted by Crippen LogP contribution is -2.33. The van der Waals surface area contributed by atoms with E-state index in [9.17, 15) is 4.21 Å². The maximum atomic E-state index is 11.6. The lowest BCUT2D eigenvalue weighted by Gasteiger charge is -2.19. The van der Waals surface area contributed by atoms with Crippen molar-refractivity contribution in [2.45, 2.75) is 9.79 Å². The summed E-state index contributed by atoms with van der Waals surface area (Å²) in [5.74, 6) is 0.309. The second-order valence-corrected chi connectivity index (χ2v) is 7.46. The van der Waals surface area contributed by atoms with Crippen molar-refractivity contribution in [3.8, 4) is 0 Å². The third-order valence-electron chi connectivity index (χ3n) is 3.27. The summed E-state index contributed by atoms with van der Waals surface area (Å²) in [5, 5.41) is 0.544. The van der Waals surface area contributed by atoms with E-state index in [-0.39, 0.29) is 0 Å². The van der Waals surface area contributed by atoms with Crippen LogP contribution in [-0.4, -0.2) is 29.7 Å². The van der Waals surface area contributed by atoms with Gasteiger partial charge in [-0.05, 0) is 42.7 Å². The van der Waals surface area contributed by atoms with E-state index >= 15 is 0 Å². The van der Waals surface area contributed by atoms with Gasteiger partial charge in [0, 0.05) is 39.6 Å². The third-order valence-corrected chi connectivity index (χ3v) is 5.23. The Morgan fingerprint density at radius 2 is 2.04 bits per heavy atom. The fourth-order valence-corrected chi connectivity index (χ4v) is 3.06. The molecule has 0 radical (unpaired) electrons. The van der Waals surface area contributed by atoms with Crippen molar-refractivity contribution in [1.29, 1.82) is 0 Å². The zero-order valence-corrected chi connectivity index (χ0v) is 15.5. The summed E-state index contributed by atoms with van der Waals surface area (Å²) in [5.41, 5.74) is 7.54.